The van der Waals surface area contributed by atoms with Gasteiger partial charge in [-0.05, 0) is 0 Å². The lowest BCUT2D eigenvalue weighted by molar-refractivity contribution is 0.505. The summed E-state index contributed by atoms with van der Waals surface area (Å²) in [4.78, 5) is 24.4. The molecule has 0 aromatic carbocycles. The van der Waals surface area contributed by atoms with E-state index in [1.807, 2.05) is 0 Å². The Bertz CT molecular complexity index is 488. The number of hydrogen-bond acceptors (Lipinski definition) is 3. The van der Waals surface area contributed by atoms with E-state index in [9.17, 15) is 9.59 Å². The van der Waals surface area contributed by atoms with Gasteiger partial charge in [0.05, 0.1) is 0 Å². The van der Waals surface area contributed by atoms with Crippen molar-refractivity contribution in [1.29, 1.82) is 0 Å². The molecule has 0 aliphatic rings. The highest BCUT2D eigenvalue weighted by Gasteiger charge is 2.11. The summed E-state index contributed by atoms with van der Waals surface area (Å²) in [5, 5.41) is 0. The van der Waals surface area contributed by atoms with E-state index in [0.29, 0.717) is 5.65 Å². The number of nitrogens with zero attached hydrogens (tertiary/aromatic N) is 2. The molecule has 0 unspecified atom stereocenters. The number of aryl methyl sites for hydroxylation is 2. The summed E-state index contributed by atoms with van der Waals surface area (Å²) in [6, 6.07) is 0. The highest BCUT2D eigenvalue weighted by Crippen LogP contribution is 2.03. The van der Waals surface area contributed by atoms with E-state index in [2.05, 4.69) is 4.98 Å². The number of hydrogen-bond donors (Lipinski definition) is 1. The Labute approximate surface area is 66.0 Å². The zero-order valence-corrected chi connectivity index (χ0v) is 6.62. The highest BCUT2D eigenvalue weighted by molar-refractivity contribution is 5.63. The maximum atomic E-state index is 11.0. The van der Waals surface area contributed by atoms with Crippen LogP contribution in [-0.2, 0) is 14.1 Å². The molecule has 0 bridgehead atoms. The van der Waals surface area contributed by atoms with Crippen molar-refractivity contribution in [2.75, 3.05) is 0 Å². The normalized spacial score (nSPS) is 11.2. The van der Waals surface area contributed by atoms with Crippen LogP contribution in [-0.4, -0.2) is 14.1 Å². The van der Waals surface area contributed by atoms with Gasteiger partial charge in [-0.25, -0.2) is 9.59 Å². The van der Waals surface area contributed by atoms with Gasteiger partial charge in [0.1, 0.15) is 0 Å². The topological polar surface area (TPSA) is 72.9 Å². The molecule has 2 aromatic heterocycles. The quantitative estimate of drug-likeness (QED) is 0.558. The van der Waals surface area contributed by atoms with E-state index in [1.54, 1.807) is 0 Å². The van der Waals surface area contributed by atoms with E-state index < -0.39 is 5.76 Å². The van der Waals surface area contributed by atoms with Crippen LogP contribution in [0.1, 0.15) is 0 Å². The van der Waals surface area contributed by atoms with Crippen LogP contribution >= 0.6 is 0 Å². The molecular formula is C6H7N3O3. The molecule has 2 aromatic rings. The lowest BCUT2D eigenvalue weighted by Crippen LogP contribution is -2.15. The maximum absolute atomic E-state index is 11.0. The van der Waals surface area contributed by atoms with Gasteiger partial charge in [-0.1, -0.05) is 0 Å². The van der Waals surface area contributed by atoms with Gasteiger partial charge in [-0.3, -0.25) is 14.1 Å². The minimum absolute atomic E-state index is 0.271. The molecule has 2 heterocycles. The van der Waals surface area contributed by atoms with Gasteiger partial charge in [0, 0.05) is 14.1 Å². The maximum Gasteiger partial charge on any atom is 0.422 e. The third kappa shape index (κ3) is 0.635. The smallest absolute Gasteiger partial charge is 0.389 e. The first-order chi connectivity index (χ1) is 5.61. The summed E-state index contributed by atoms with van der Waals surface area (Å²) in [6.07, 6.45) is 0. The largest absolute Gasteiger partial charge is 0.422 e. The molecule has 64 valence electrons. The molecule has 1 N–H and O–H groups in total. The van der Waals surface area contributed by atoms with Gasteiger partial charge in [-0.2, -0.15) is 0 Å². The van der Waals surface area contributed by atoms with Gasteiger partial charge in [0.25, 0.3) is 5.71 Å². The van der Waals surface area contributed by atoms with Crippen molar-refractivity contribution in [3.8, 4) is 0 Å². The van der Waals surface area contributed by atoms with Gasteiger partial charge >= 0.3 is 11.4 Å². The van der Waals surface area contributed by atoms with Crippen molar-refractivity contribution in [2.24, 2.45) is 14.1 Å². The third-order valence-corrected chi connectivity index (χ3v) is 1.83. The molecule has 0 saturated heterocycles. The Morgan fingerprint density at radius 3 is 2.50 bits per heavy atom. The lowest BCUT2D eigenvalue weighted by Gasteiger charge is -1.81. The van der Waals surface area contributed by atoms with Crippen LogP contribution in [0, 0.1) is 0 Å². The second-order valence-electron chi connectivity index (χ2n) is 2.57. The van der Waals surface area contributed by atoms with Crippen molar-refractivity contribution >= 4 is 11.4 Å². The van der Waals surface area contributed by atoms with Crippen LogP contribution in [0.15, 0.2) is 14.0 Å². The molecule has 0 aliphatic carbocycles. The summed E-state index contributed by atoms with van der Waals surface area (Å²) < 4.78 is 7.28. The number of aromatic nitrogens is 3. The van der Waals surface area contributed by atoms with Crippen LogP contribution in [0.3, 0.4) is 0 Å². The standard InChI is InChI=1S/C6H7N3O3/c1-8-3-4(12-6(8)11)9(2)5(10)7-3/h1-2H3,(H,7,10). The summed E-state index contributed by atoms with van der Waals surface area (Å²) >= 11 is 0. The fourth-order valence-corrected chi connectivity index (χ4v) is 1.08. The van der Waals surface area contributed by atoms with Crippen LogP contribution in [0.4, 0.5) is 0 Å². The van der Waals surface area contributed by atoms with Crippen molar-refractivity contribution in [1.82, 2.24) is 14.1 Å². The van der Waals surface area contributed by atoms with Gasteiger partial charge in [0.2, 0.25) is 0 Å². The first-order valence-corrected chi connectivity index (χ1v) is 3.36. The first-order valence-electron chi connectivity index (χ1n) is 3.36. The molecule has 0 amide bonds. The number of imidazole rings is 1. The summed E-state index contributed by atoms with van der Waals surface area (Å²) in [5.74, 6) is -0.480. The predicted molar refractivity (Wildman–Crippen MR) is 41.0 cm³/mol. The monoisotopic (exact) mass is 169 g/mol. The van der Waals surface area contributed by atoms with Crippen molar-refractivity contribution < 1.29 is 4.42 Å². The van der Waals surface area contributed by atoms with Crippen LogP contribution in [0.5, 0.6) is 0 Å². The fourth-order valence-electron chi connectivity index (χ4n) is 1.08. The molecule has 0 radical (unpaired) electrons. The minimum Gasteiger partial charge on any atom is -0.389 e. The molecule has 0 spiro atoms. The van der Waals surface area contributed by atoms with Crippen molar-refractivity contribution in [2.45, 2.75) is 0 Å². The Balaban J connectivity index is 3.13. The predicted octanol–water partition coefficient (Wildman–Crippen LogP) is -0.842. The summed E-state index contributed by atoms with van der Waals surface area (Å²) in [7, 11) is 3.06. The minimum atomic E-state index is -0.480. The van der Waals surface area contributed by atoms with Crippen LogP contribution < -0.4 is 11.4 Å². The molecule has 0 fully saturated rings. The molecule has 2 rings (SSSR count). The van der Waals surface area contributed by atoms with E-state index in [0.717, 1.165) is 0 Å². The molecular weight excluding hydrogens is 162 g/mol. The van der Waals surface area contributed by atoms with E-state index >= 15 is 0 Å². The number of oxazole rings is 1. The van der Waals surface area contributed by atoms with Gasteiger partial charge < -0.3 is 4.42 Å². The molecule has 6 nitrogen and oxygen atoms in total. The van der Waals surface area contributed by atoms with Crippen LogP contribution in [0.2, 0.25) is 0 Å². The van der Waals surface area contributed by atoms with E-state index in [-0.39, 0.29) is 11.4 Å². The molecule has 0 aliphatic heterocycles. The fraction of sp³-hybridized carbons (Fsp3) is 0.333. The number of H-pyrrole nitrogens is 1. The van der Waals surface area contributed by atoms with Crippen molar-refractivity contribution in [3.05, 3.63) is 21.0 Å². The second kappa shape index (κ2) is 1.90. The SMILES string of the molecule is Cn1c(=O)oc2c1[nH]c(=O)n2C. The number of fused-ring (bicyclic) bond motifs is 1. The Hall–Kier alpha value is -1.72. The molecule has 0 atom stereocenters. The van der Waals surface area contributed by atoms with E-state index in [1.165, 1.54) is 23.2 Å². The molecule has 6 heteroatoms. The number of aromatic amines is 1. The zero-order valence-electron chi connectivity index (χ0n) is 6.62. The zero-order chi connectivity index (χ0) is 8.88. The Morgan fingerprint density at radius 2 is 1.92 bits per heavy atom. The Morgan fingerprint density at radius 1 is 1.25 bits per heavy atom. The average Bonchev–Trinajstić information content (AvgIpc) is 2.43. The van der Waals surface area contributed by atoms with Crippen LogP contribution in [0.25, 0.3) is 11.4 Å². The average molecular weight is 169 g/mol. The number of nitrogens with one attached hydrogen (secondary N) is 1. The third-order valence-electron chi connectivity index (χ3n) is 1.83. The van der Waals surface area contributed by atoms with Gasteiger partial charge in [0.15, 0.2) is 5.65 Å². The van der Waals surface area contributed by atoms with Crippen molar-refractivity contribution in [3.63, 3.8) is 0 Å². The Kier molecular flexibility index (Phi) is 1.10. The summed E-state index contributed by atoms with van der Waals surface area (Å²) in [6.45, 7) is 0. The first kappa shape index (κ1) is 6.96. The number of rotatable bonds is 0. The lowest BCUT2D eigenvalue weighted by atomic mass is 10.7. The summed E-state index contributed by atoms with van der Waals surface area (Å²) in [5.41, 5.74) is 0.388. The van der Waals surface area contributed by atoms with Gasteiger partial charge in [-0.15, -0.1) is 0 Å². The second-order valence-corrected chi connectivity index (χ2v) is 2.57. The van der Waals surface area contributed by atoms with E-state index in [4.69, 9.17) is 4.42 Å². The highest BCUT2D eigenvalue weighted by atomic mass is 16.4. The molecule has 12 heavy (non-hydrogen) atoms. The molecule has 0 saturated carbocycles.